The number of fused-ring (bicyclic) bond motifs is 7. The zero-order chi connectivity index (χ0) is 28.4. The first-order valence-electron chi connectivity index (χ1n) is 13.2. The lowest BCUT2D eigenvalue weighted by molar-refractivity contribution is -0.111. The van der Waals surface area contributed by atoms with E-state index in [1.54, 1.807) is 30.5 Å². The Hall–Kier alpha value is -5.28. The Balaban J connectivity index is 1.40. The van der Waals surface area contributed by atoms with Crippen molar-refractivity contribution in [3.8, 4) is 17.0 Å². The van der Waals surface area contributed by atoms with Gasteiger partial charge in [0.05, 0.1) is 5.69 Å². The summed E-state index contributed by atoms with van der Waals surface area (Å²) in [6.07, 6.45) is 7.85. The molecule has 2 amide bonds. The molecule has 4 N–H and O–H groups in total. The molecule has 9 nitrogen and oxygen atoms in total. The second kappa shape index (κ2) is 13.2. The number of nitrogens with zero attached hydrogens (tertiary/aromatic N) is 2. The van der Waals surface area contributed by atoms with Gasteiger partial charge in [-0.3, -0.25) is 9.59 Å². The summed E-state index contributed by atoms with van der Waals surface area (Å²) in [6.45, 7) is 5.31. The third kappa shape index (κ3) is 7.65. The van der Waals surface area contributed by atoms with Crippen LogP contribution in [0.3, 0.4) is 0 Å². The van der Waals surface area contributed by atoms with Crippen molar-refractivity contribution in [2.45, 2.75) is 13.0 Å². The van der Waals surface area contributed by atoms with E-state index in [9.17, 15) is 9.59 Å². The standard InChI is InChI=1S/C32H30N6O3/c1-2-30(39)35-25-11-9-23(10-12-25)31(40)36-26-17-22-18-27(20-26)37-32-34-15-13-29(38-32)24-7-6-8-28(19-24)41-16-5-3-4-14-33-21-22/h2-3,5-13,15,17-20,33H,1,4,14,16,21H2,(H,35,39)(H,36,40)(H,34,37,38)/b5-3-. The zero-order valence-electron chi connectivity index (χ0n) is 22.4. The van der Waals surface area contributed by atoms with Gasteiger partial charge in [-0.1, -0.05) is 30.9 Å². The Morgan fingerprint density at radius 2 is 1.83 bits per heavy atom. The number of carbonyl (C=O) groups excluding carboxylic acids is 2. The summed E-state index contributed by atoms with van der Waals surface area (Å²) < 4.78 is 5.88. The monoisotopic (exact) mass is 546 g/mol. The number of hydrogen-bond donors (Lipinski definition) is 4. The summed E-state index contributed by atoms with van der Waals surface area (Å²) in [7, 11) is 0. The van der Waals surface area contributed by atoms with Gasteiger partial charge in [-0.2, -0.15) is 0 Å². The number of aromatic nitrogens is 2. The Labute approximate surface area is 238 Å². The molecule has 1 aliphatic heterocycles. The van der Waals surface area contributed by atoms with E-state index in [4.69, 9.17) is 9.72 Å². The molecule has 0 saturated carbocycles. The molecule has 0 unspecified atom stereocenters. The third-order valence-electron chi connectivity index (χ3n) is 6.22. The van der Waals surface area contributed by atoms with Crippen LogP contribution in [0.1, 0.15) is 22.3 Å². The highest BCUT2D eigenvalue weighted by Crippen LogP contribution is 2.26. The van der Waals surface area contributed by atoms with E-state index in [-0.39, 0.29) is 11.8 Å². The maximum atomic E-state index is 13.1. The lowest BCUT2D eigenvalue weighted by Crippen LogP contribution is -2.16. The minimum atomic E-state index is -0.316. The molecular formula is C32H30N6O3. The molecule has 1 aromatic heterocycles. The molecule has 6 bridgehead atoms. The average molecular weight is 547 g/mol. The third-order valence-corrected chi connectivity index (χ3v) is 6.22. The van der Waals surface area contributed by atoms with Crippen LogP contribution in [-0.2, 0) is 11.3 Å². The predicted octanol–water partition coefficient (Wildman–Crippen LogP) is 5.69. The number of benzene rings is 3. The topological polar surface area (TPSA) is 117 Å². The lowest BCUT2D eigenvalue weighted by Gasteiger charge is -2.14. The molecule has 0 atom stereocenters. The summed E-state index contributed by atoms with van der Waals surface area (Å²) in [5, 5.41) is 12.4. The van der Waals surface area contributed by atoms with Crippen molar-refractivity contribution < 1.29 is 14.3 Å². The second-order valence-electron chi connectivity index (χ2n) is 9.31. The number of anilines is 4. The van der Waals surface area contributed by atoms with Gasteiger partial charge in [0.15, 0.2) is 0 Å². The van der Waals surface area contributed by atoms with Gasteiger partial charge in [0.2, 0.25) is 11.9 Å². The number of nitrogens with one attached hydrogen (secondary N) is 4. The van der Waals surface area contributed by atoms with Crippen molar-refractivity contribution in [1.29, 1.82) is 0 Å². The van der Waals surface area contributed by atoms with Crippen LogP contribution in [0.4, 0.5) is 23.0 Å². The van der Waals surface area contributed by atoms with Gasteiger partial charge in [0.25, 0.3) is 5.91 Å². The number of hydrogen-bond acceptors (Lipinski definition) is 7. The molecule has 2 heterocycles. The smallest absolute Gasteiger partial charge is 0.255 e. The van der Waals surface area contributed by atoms with Crippen molar-refractivity contribution in [2.24, 2.45) is 0 Å². The highest BCUT2D eigenvalue weighted by Gasteiger charge is 2.11. The molecule has 9 heteroatoms. The van der Waals surface area contributed by atoms with Crippen LogP contribution in [-0.4, -0.2) is 34.9 Å². The van der Waals surface area contributed by atoms with Crippen molar-refractivity contribution >= 4 is 34.8 Å². The van der Waals surface area contributed by atoms with Crippen LogP contribution >= 0.6 is 0 Å². The molecule has 0 saturated heterocycles. The van der Waals surface area contributed by atoms with E-state index in [0.717, 1.165) is 41.2 Å². The van der Waals surface area contributed by atoms with Gasteiger partial charge < -0.3 is 26.0 Å². The fourth-order valence-corrected chi connectivity index (χ4v) is 4.24. The van der Waals surface area contributed by atoms with Gasteiger partial charge in [0.1, 0.15) is 12.4 Å². The Kier molecular flexibility index (Phi) is 8.78. The van der Waals surface area contributed by atoms with Crippen LogP contribution in [0, 0.1) is 0 Å². The van der Waals surface area contributed by atoms with Crippen molar-refractivity contribution in [3.63, 3.8) is 0 Å². The largest absolute Gasteiger partial charge is 0.490 e. The average Bonchev–Trinajstić information content (AvgIpc) is 2.98. The summed E-state index contributed by atoms with van der Waals surface area (Å²) in [6, 6.07) is 22.1. The summed E-state index contributed by atoms with van der Waals surface area (Å²) in [4.78, 5) is 33.7. The summed E-state index contributed by atoms with van der Waals surface area (Å²) in [5.74, 6) is 0.604. The number of amides is 2. The van der Waals surface area contributed by atoms with Crippen LogP contribution in [0.2, 0.25) is 0 Å². The minimum absolute atomic E-state index is 0.275. The maximum Gasteiger partial charge on any atom is 0.255 e. The molecule has 1 aliphatic rings. The molecule has 0 radical (unpaired) electrons. The minimum Gasteiger partial charge on any atom is -0.490 e. The van der Waals surface area contributed by atoms with E-state index >= 15 is 0 Å². The van der Waals surface area contributed by atoms with E-state index in [0.29, 0.717) is 36.0 Å². The van der Waals surface area contributed by atoms with Gasteiger partial charge in [-0.15, -0.1) is 0 Å². The quantitative estimate of drug-likeness (QED) is 0.192. The fourth-order valence-electron chi connectivity index (χ4n) is 4.24. The van der Waals surface area contributed by atoms with Crippen molar-refractivity contribution in [3.05, 3.63) is 115 Å². The SMILES string of the molecule is C=CC(=O)Nc1ccc(C(=O)Nc2cc3cc(c2)Nc2nccc(n2)-c2cccc(c2)OC/C=C\CCNC3)cc1. The van der Waals surface area contributed by atoms with Crippen LogP contribution < -0.4 is 26.0 Å². The van der Waals surface area contributed by atoms with Crippen molar-refractivity contribution in [2.75, 3.05) is 29.1 Å². The van der Waals surface area contributed by atoms with Gasteiger partial charge >= 0.3 is 0 Å². The Morgan fingerprint density at radius 1 is 0.951 bits per heavy atom. The molecule has 0 aliphatic carbocycles. The molecule has 206 valence electrons. The van der Waals surface area contributed by atoms with Crippen LogP contribution in [0.25, 0.3) is 11.3 Å². The number of rotatable bonds is 4. The maximum absolute atomic E-state index is 13.1. The first-order valence-corrected chi connectivity index (χ1v) is 13.2. The highest BCUT2D eigenvalue weighted by atomic mass is 16.5. The summed E-state index contributed by atoms with van der Waals surface area (Å²) in [5.41, 5.74) is 5.03. The van der Waals surface area contributed by atoms with E-state index < -0.39 is 0 Å². The first-order chi connectivity index (χ1) is 20.1. The van der Waals surface area contributed by atoms with Gasteiger partial charge in [0, 0.05) is 40.9 Å². The predicted molar refractivity (Wildman–Crippen MR) is 161 cm³/mol. The summed E-state index contributed by atoms with van der Waals surface area (Å²) >= 11 is 0. The highest BCUT2D eigenvalue weighted by molar-refractivity contribution is 6.05. The Morgan fingerprint density at radius 3 is 2.68 bits per heavy atom. The molecule has 0 fully saturated rings. The number of carbonyl (C=O) groups is 2. The normalized spacial score (nSPS) is 13.8. The van der Waals surface area contributed by atoms with Crippen LogP contribution in [0.15, 0.2) is 104 Å². The zero-order valence-corrected chi connectivity index (χ0v) is 22.4. The van der Waals surface area contributed by atoms with Gasteiger partial charge in [-0.25, -0.2) is 9.97 Å². The second-order valence-corrected chi connectivity index (χ2v) is 9.31. The van der Waals surface area contributed by atoms with Crippen LogP contribution in [0.5, 0.6) is 5.75 Å². The molecule has 0 spiro atoms. The molecule has 3 aromatic carbocycles. The number of ether oxygens (including phenoxy) is 1. The first kappa shape index (κ1) is 27.3. The fraction of sp³-hybridized carbons (Fsp3) is 0.125. The molecule has 4 aromatic rings. The Bertz CT molecular complexity index is 1580. The van der Waals surface area contributed by atoms with E-state index in [1.165, 1.54) is 6.08 Å². The van der Waals surface area contributed by atoms with Crippen molar-refractivity contribution in [1.82, 2.24) is 15.3 Å². The van der Waals surface area contributed by atoms with E-state index in [1.807, 2.05) is 54.6 Å². The molecule has 5 rings (SSSR count). The molecule has 41 heavy (non-hydrogen) atoms. The lowest BCUT2D eigenvalue weighted by atomic mass is 10.1. The van der Waals surface area contributed by atoms with Gasteiger partial charge in [-0.05, 0) is 85.3 Å². The van der Waals surface area contributed by atoms with E-state index in [2.05, 4.69) is 38.9 Å². The molecular weight excluding hydrogens is 516 g/mol.